The van der Waals surface area contributed by atoms with Gasteiger partial charge in [-0.2, -0.15) is 0 Å². The van der Waals surface area contributed by atoms with Crippen LogP contribution in [0.15, 0.2) is 47.5 Å². The fourth-order valence-electron chi connectivity index (χ4n) is 4.52. The number of aromatic nitrogens is 4. The second-order valence-corrected chi connectivity index (χ2v) is 9.81. The van der Waals surface area contributed by atoms with Gasteiger partial charge in [-0.3, -0.25) is 13.9 Å². The normalized spacial score (nSPS) is 17.8. The van der Waals surface area contributed by atoms with Crippen LogP contribution >= 0.6 is 11.6 Å². The lowest BCUT2D eigenvalue weighted by Crippen LogP contribution is -2.40. The minimum absolute atomic E-state index is 0.0528. The van der Waals surface area contributed by atoms with E-state index in [4.69, 9.17) is 16.6 Å². The Balaban J connectivity index is 1.50. The molecule has 0 spiro atoms. The SMILES string of the molecule is CC(C)n1cc(-c2ccnc(N[C@H]3CC[C@H](NC(=O)CCCCl)CC3)n2)n(-c2ccc(F)cc2)c1=O. The summed E-state index contributed by atoms with van der Waals surface area (Å²) in [6, 6.07) is 7.91. The Morgan fingerprint density at radius 3 is 2.50 bits per heavy atom. The van der Waals surface area contributed by atoms with Gasteiger partial charge in [0.1, 0.15) is 5.82 Å². The molecule has 0 unspecified atom stereocenters. The lowest BCUT2D eigenvalue weighted by molar-refractivity contribution is -0.122. The highest BCUT2D eigenvalue weighted by Crippen LogP contribution is 2.25. The lowest BCUT2D eigenvalue weighted by atomic mass is 9.91. The van der Waals surface area contributed by atoms with Gasteiger partial charge in [0.25, 0.3) is 0 Å². The molecule has 192 valence electrons. The first-order chi connectivity index (χ1) is 17.4. The maximum atomic E-state index is 13.5. The lowest BCUT2D eigenvalue weighted by Gasteiger charge is -2.29. The van der Waals surface area contributed by atoms with Crippen LogP contribution in [-0.4, -0.2) is 43.0 Å². The van der Waals surface area contributed by atoms with Gasteiger partial charge in [-0.15, -0.1) is 11.6 Å². The Kier molecular flexibility index (Phi) is 8.40. The number of hydrogen-bond acceptors (Lipinski definition) is 5. The first-order valence-corrected chi connectivity index (χ1v) is 12.9. The maximum Gasteiger partial charge on any atom is 0.333 e. The van der Waals surface area contributed by atoms with E-state index < -0.39 is 0 Å². The highest BCUT2D eigenvalue weighted by Gasteiger charge is 2.23. The second kappa shape index (κ2) is 11.7. The molecule has 1 amide bonds. The van der Waals surface area contributed by atoms with Crippen molar-refractivity contribution in [3.8, 4) is 17.1 Å². The predicted octanol–water partition coefficient (Wildman–Crippen LogP) is 4.67. The van der Waals surface area contributed by atoms with Crippen molar-refractivity contribution in [2.75, 3.05) is 11.2 Å². The number of nitrogens with one attached hydrogen (secondary N) is 2. The number of halogens is 2. The van der Waals surface area contributed by atoms with E-state index in [1.807, 2.05) is 13.8 Å². The Morgan fingerprint density at radius 1 is 1.14 bits per heavy atom. The maximum absolute atomic E-state index is 13.5. The Hall–Kier alpha value is -3.20. The standard InChI is InChI=1S/C26H32ClFN6O2/c1-17(2)33-16-23(34(26(33)36)21-11-5-18(28)6-12-21)22-13-15-29-25(32-22)31-20-9-7-19(8-10-20)30-24(35)4-3-14-27/h5-6,11-13,15-17,19-20H,3-4,7-10,14H2,1-2H3,(H,30,35)(H,29,31,32)/t19-,20-. The Bertz CT molecular complexity index is 1230. The number of rotatable bonds is 9. The number of benzene rings is 1. The molecular weight excluding hydrogens is 483 g/mol. The number of hydrogen-bond donors (Lipinski definition) is 2. The zero-order valence-electron chi connectivity index (χ0n) is 20.6. The van der Waals surface area contributed by atoms with Crippen LogP contribution in [0.4, 0.5) is 10.3 Å². The van der Waals surface area contributed by atoms with Gasteiger partial charge in [0.05, 0.1) is 17.1 Å². The van der Waals surface area contributed by atoms with Crippen molar-refractivity contribution >= 4 is 23.5 Å². The van der Waals surface area contributed by atoms with Crippen molar-refractivity contribution < 1.29 is 9.18 Å². The van der Waals surface area contributed by atoms with Gasteiger partial charge in [-0.25, -0.2) is 19.2 Å². The van der Waals surface area contributed by atoms with Crippen LogP contribution in [0.1, 0.15) is 58.4 Å². The Labute approximate surface area is 214 Å². The van der Waals surface area contributed by atoms with Crippen LogP contribution in [-0.2, 0) is 4.79 Å². The van der Waals surface area contributed by atoms with Crippen LogP contribution in [0.25, 0.3) is 17.1 Å². The van der Waals surface area contributed by atoms with E-state index in [9.17, 15) is 14.0 Å². The molecule has 0 bridgehead atoms. The molecule has 1 fully saturated rings. The number of anilines is 1. The topological polar surface area (TPSA) is 93.8 Å². The van der Waals surface area contributed by atoms with E-state index in [0.29, 0.717) is 41.7 Å². The van der Waals surface area contributed by atoms with E-state index >= 15 is 0 Å². The predicted molar refractivity (Wildman–Crippen MR) is 139 cm³/mol. The monoisotopic (exact) mass is 514 g/mol. The molecule has 4 rings (SSSR count). The third kappa shape index (κ3) is 6.13. The van der Waals surface area contributed by atoms with Crippen molar-refractivity contribution in [2.45, 2.75) is 70.5 Å². The third-order valence-corrected chi connectivity index (χ3v) is 6.70. The van der Waals surface area contributed by atoms with Crippen LogP contribution < -0.4 is 16.3 Å². The number of carbonyl (C=O) groups excluding carboxylic acids is 1. The second-order valence-electron chi connectivity index (χ2n) is 9.43. The molecule has 2 N–H and O–H groups in total. The molecule has 1 aromatic carbocycles. The molecule has 0 aliphatic heterocycles. The summed E-state index contributed by atoms with van der Waals surface area (Å²) in [5.74, 6) is 0.668. The molecule has 1 aliphatic carbocycles. The highest BCUT2D eigenvalue weighted by molar-refractivity contribution is 6.17. The molecule has 0 atom stereocenters. The fraction of sp³-hybridized carbons (Fsp3) is 0.462. The molecule has 36 heavy (non-hydrogen) atoms. The smallest absolute Gasteiger partial charge is 0.333 e. The summed E-state index contributed by atoms with van der Waals surface area (Å²) in [5.41, 5.74) is 1.55. The minimum atomic E-state index is -0.366. The zero-order chi connectivity index (χ0) is 25.7. The summed E-state index contributed by atoms with van der Waals surface area (Å²) in [5, 5.41) is 6.51. The van der Waals surface area contributed by atoms with E-state index in [1.54, 1.807) is 39.7 Å². The van der Waals surface area contributed by atoms with Gasteiger partial charge in [-0.05, 0) is 76.3 Å². The zero-order valence-corrected chi connectivity index (χ0v) is 21.3. The average molecular weight is 515 g/mol. The molecule has 0 saturated heterocycles. The number of imidazole rings is 1. The molecule has 2 aromatic heterocycles. The van der Waals surface area contributed by atoms with Gasteiger partial charge in [0.15, 0.2) is 0 Å². The van der Waals surface area contributed by atoms with Crippen molar-refractivity contribution in [2.24, 2.45) is 0 Å². The summed E-state index contributed by atoms with van der Waals surface area (Å²) in [6.07, 6.45) is 8.13. The number of amides is 1. The van der Waals surface area contributed by atoms with Crippen LogP contribution in [0.5, 0.6) is 0 Å². The Morgan fingerprint density at radius 2 is 1.83 bits per heavy atom. The summed E-state index contributed by atoms with van der Waals surface area (Å²) in [7, 11) is 0. The summed E-state index contributed by atoms with van der Waals surface area (Å²) in [4.78, 5) is 34.3. The average Bonchev–Trinajstić information content (AvgIpc) is 3.22. The number of carbonyl (C=O) groups is 1. The molecule has 8 nitrogen and oxygen atoms in total. The van der Waals surface area contributed by atoms with Gasteiger partial charge < -0.3 is 10.6 Å². The summed E-state index contributed by atoms with van der Waals surface area (Å²) < 4.78 is 16.7. The minimum Gasteiger partial charge on any atom is -0.353 e. The summed E-state index contributed by atoms with van der Waals surface area (Å²) in [6.45, 7) is 3.87. The number of nitrogens with zero attached hydrogens (tertiary/aromatic N) is 4. The molecule has 1 saturated carbocycles. The first kappa shape index (κ1) is 25.9. The van der Waals surface area contributed by atoms with E-state index in [0.717, 1.165) is 25.7 Å². The number of alkyl halides is 1. The van der Waals surface area contributed by atoms with Gasteiger partial charge in [-0.1, -0.05) is 0 Å². The van der Waals surface area contributed by atoms with Gasteiger partial charge >= 0.3 is 5.69 Å². The molecule has 2 heterocycles. The molecule has 10 heteroatoms. The molecule has 3 aromatic rings. The first-order valence-electron chi connectivity index (χ1n) is 12.4. The van der Waals surface area contributed by atoms with Crippen LogP contribution in [0, 0.1) is 5.82 Å². The molecule has 0 radical (unpaired) electrons. The van der Waals surface area contributed by atoms with Crippen LogP contribution in [0.3, 0.4) is 0 Å². The van der Waals surface area contributed by atoms with Crippen molar-refractivity contribution in [3.63, 3.8) is 0 Å². The van der Waals surface area contributed by atoms with Crippen molar-refractivity contribution in [1.82, 2.24) is 24.4 Å². The fourth-order valence-corrected chi connectivity index (χ4v) is 4.65. The highest BCUT2D eigenvalue weighted by atomic mass is 35.5. The quantitative estimate of drug-likeness (QED) is 0.404. The molecular formula is C26H32ClFN6O2. The van der Waals surface area contributed by atoms with E-state index in [1.165, 1.54) is 12.1 Å². The largest absolute Gasteiger partial charge is 0.353 e. The third-order valence-electron chi connectivity index (χ3n) is 6.44. The van der Waals surface area contributed by atoms with Crippen LogP contribution in [0.2, 0.25) is 0 Å². The summed E-state index contributed by atoms with van der Waals surface area (Å²) >= 11 is 5.67. The van der Waals surface area contributed by atoms with Gasteiger partial charge in [0.2, 0.25) is 11.9 Å². The van der Waals surface area contributed by atoms with Crippen molar-refractivity contribution in [1.29, 1.82) is 0 Å². The van der Waals surface area contributed by atoms with Gasteiger partial charge in [0, 0.05) is 42.8 Å². The van der Waals surface area contributed by atoms with E-state index in [2.05, 4.69) is 15.6 Å². The van der Waals surface area contributed by atoms with E-state index in [-0.39, 0.29) is 35.5 Å². The van der Waals surface area contributed by atoms with Crippen molar-refractivity contribution in [3.05, 3.63) is 59.0 Å². The molecule has 1 aliphatic rings.